The fourth-order valence-electron chi connectivity index (χ4n) is 2.31. The van der Waals surface area contributed by atoms with Crippen molar-refractivity contribution in [3.63, 3.8) is 0 Å². The maximum absolute atomic E-state index is 11.3. The zero-order valence-corrected chi connectivity index (χ0v) is 17.1. The van der Waals surface area contributed by atoms with Crippen molar-refractivity contribution in [1.29, 1.82) is 0 Å². The van der Waals surface area contributed by atoms with Crippen LogP contribution in [0.3, 0.4) is 0 Å². The Hall–Kier alpha value is 0.210. The monoisotopic (exact) mass is 476 g/mol. The summed E-state index contributed by atoms with van der Waals surface area (Å²) in [5, 5.41) is 9.96. The van der Waals surface area contributed by atoms with Crippen LogP contribution in [0.15, 0.2) is 0 Å². The van der Waals surface area contributed by atoms with E-state index in [-0.39, 0.29) is 6.61 Å². The fraction of sp³-hybridized carbons (Fsp3) is 1.00. The summed E-state index contributed by atoms with van der Waals surface area (Å²) in [6, 6.07) is 0. The molecule has 0 unspecified atom stereocenters. The van der Waals surface area contributed by atoms with Gasteiger partial charge in [-0.15, -0.1) is 0 Å². The van der Waals surface area contributed by atoms with Gasteiger partial charge in [-0.1, -0.05) is 13.3 Å². The van der Waals surface area contributed by atoms with Crippen molar-refractivity contribution in [1.82, 2.24) is 0 Å². The van der Waals surface area contributed by atoms with E-state index in [9.17, 15) is 18.8 Å². The minimum absolute atomic E-state index is 0.182. The largest absolute Gasteiger partial charge is 0.470 e. The second-order valence-corrected chi connectivity index (χ2v) is 9.25. The van der Waals surface area contributed by atoms with Gasteiger partial charge in [0.05, 0.1) is 6.61 Å². The lowest BCUT2D eigenvalue weighted by atomic mass is 9.99. The number of aliphatic hydroxyl groups excluding tert-OH is 1. The number of rotatable bonds is 11. The molecule has 1 rings (SSSR count). The Labute approximate surface area is 159 Å². The van der Waals surface area contributed by atoms with E-state index in [4.69, 9.17) is 38.8 Å². The molecule has 1 saturated heterocycles. The summed E-state index contributed by atoms with van der Waals surface area (Å²) in [5.74, 6) is 0. The van der Waals surface area contributed by atoms with Gasteiger partial charge in [0.15, 0.2) is 6.29 Å². The molecule has 0 aromatic rings. The zero-order valence-electron chi connectivity index (χ0n) is 14.5. The normalized spacial score (nSPS) is 29.8. The van der Waals surface area contributed by atoms with Crippen LogP contribution in [-0.4, -0.2) is 78.4 Å². The highest BCUT2D eigenvalue weighted by Crippen LogP contribution is 2.49. The van der Waals surface area contributed by atoms with Gasteiger partial charge < -0.3 is 43.9 Å². The van der Waals surface area contributed by atoms with Gasteiger partial charge in [-0.3, -0.25) is 13.6 Å². The van der Waals surface area contributed by atoms with Gasteiger partial charge in [0.1, 0.15) is 24.4 Å². The molecule has 1 heterocycles. The molecule has 0 amide bonds. The van der Waals surface area contributed by atoms with E-state index in [1.165, 1.54) is 0 Å². The molecule has 1 aliphatic rings. The highest BCUT2D eigenvalue weighted by molar-refractivity contribution is 7.47. The third kappa shape index (κ3) is 9.81. The summed E-state index contributed by atoms with van der Waals surface area (Å²) >= 11 is 0. The van der Waals surface area contributed by atoms with Crippen LogP contribution in [0.4, 0.5) is 0 Å². The van der Waals surface area contributed by atoms with Crippen LogP contribution in [0.1, 0.15) is 19.8 Å². The van der Waals surface area contributed by atoms with Gasteiger partial charge >= 0.3 is 23.5 Å². The Morgan fingerprint density at radius 3 is 1.75 bits per heavy atom. The minimum Gasteiger partial charge on any atom is -0.379 e. The maximum Gasteiger partial charge on any atom is 0.470 e. The van der Waals surface area contributed by atoms with Gasteiger partial charge in [-0.2, -0.15) is 0 Å². The van der Waals surface area contributed by atoms with Crippen molar-refractivity contribution < 1.29 is 71.2 Å². The van der Waals surface area contributed by atoms with E-state index >= 15 is 0 Å². The first-order chi connectivity index (χ1) is 12.6. The Morgan fingerprint density at radius 1 is 0.821 bits per heavy atom. The Balaban J connectivity index is 3.21. The topological polar surface area (TPSA) is 239 Å². The van der Waals surface area contributed by atoms with Crippen molar-refractivity contribution in [2.45, 2.75) is 50.5 Å². The highest BCUT2D eigenvalue weighted by atomic mass is 31.2. The van der Waals surface area contributed by atoms with Crippen LogP contribution >= 0.6 is 23.5 Å². The van der Waals surface area contributed by atoms with Crippen molar-refractivity contribution in [2.75, 3.05) is 13.2 Å². The van der Waals surface area contributed by atoms with Gasteiger partial charge in [-0.25, -0.2) is 13.7 Å². The molecule has 0 spiro atoms. The van der Waals surface area contributed by atoms with Gasteiger partial charge in [0, 0.05) is 6.61 Å². The van der Waals surface area contributed by atoms with Crippen molar-refractivity contribution in [3.8, 4) is 0 Å². The number of hydrogen-bond acceptors (Lipinski definition) is 9. The van der Waals surface area contributed by atoms with Crippen molar-refractivity contribution in [2.24, 2.45) is 0 Å². The van der Waals surface area contributed by atoms with Crippen LogP contribution in [0.2, 0.25) is 0 Å². The second-order valence-electron chi connectivity index (χ2n) is 5.68. The number of ether oxygens (including phenoxy) is 2. The number of phosphoric acid groups is 3. The molecule has 0 aliphatic carbocycles. The van der Waals surface area contributed by atoms with Crippen LogP contribution in [-0.2, 0) is 36.7 Å². The van der Waals surface area contributed by atoms with E-state index in [0.717, 1.165) is 6.42 Å². The van der Waals surface area contributed by atoms with E-state index in [0.29, 0.717) is 6.42 Å². The predicted octanol–water partition coefficient (Wildman–Crippen LogP) is -1.05. The predicted molar refractivity (Wildman–Crippen MR) is 87.4 cm³/mol. The first kappa shape index (κ1) is 26.2. The lowest BCUT2D eigenvalue weighted by Gasteiger charge is -2.43. The number of phosphoric ester groups is 3. The van der Waals surface area contributed by atoms with Crippen molar-refractivity contribution >= 4 is 23.5 Å². The summed E-state index contributed by atoms with van der Waals surface area (Å²) in [4.78, 5) is 54.2. The van der Waals surface area contributed by atoms with Gasteiger partial charge in [0.2, 0.25) is 0 Å². The summed E-state index contributed by atoms with van der Waals surface area (Å²) in [6.45, 7) is 1.59. The molecule has 0 saturated carbocycles. The standard InChI is InChI=1S/C10H23O15P3/c1-2-3-4-21-5-6-7(23-26(12,13)14)8(24-27(15,16)17)9(10(11)22-6)25-28(18,19)20/h6-11H,2-5H2,1H3,(H2,12,13,14)(H2,15,16,17)(H2,18,19,20)/t6-,7-,8+,9+,10+/m1/s1. The molecule has 15 nitrogen and oxygen atoms in total. The molecule has 0 bridgehead atoms. The molecular weight excluding hydrogens is 453 g/mol. The number of hydrogen-bond donors (Lipinski definition) is 7. The highest BCUT2D eigenvalue weighted by Gasteiger charge is 2.53. The van der Waals surface area contributed by atoms with E-state index < -0.39 is 60.8 Å². The van der Waals surface area contributed by atoms with E-state index in [2.05, 4.69) is 13.6 Å². The molecule has 1 fully saturated rings. The first-order valence-corrected chi connectivity index (χ1v) is 12.3. The van der Waals surface area contributed by atoms with Gasteiger partial charge in [-0.05, 0) is 6.42 Å². The van der Waals surface area contributed by atoms with E-state index in [1.807, 2.05) is 6.92 Å². The maximum atomic E-state index is 11.3. The molecular formula is C10H23O15P3. The third-order valence-electron chi connectivity index (χ3n) is 3.31. The third-order valence-corrected chi connectivity index (χ3v) is 4.86. The summed E-state index contributed by atoms with van der Waals surface area (Å²) in [6.07, 6.45) is -8.94. The molecule has 7 N–H and O–H groups in total. The van der Waals surface area contributed by atoms with Crippen LogP contribution in [0.25, 0.3) is 0 Å². The van der Waals surface area contributed by atoms with Crippen LogP contribution < -0.4 is 0 Å². The van der Waals surface area contributed by atoms with Crippen molar-refractivity contribution in [3.05, 3.63) is 0 Å². The summed E-state index contributed by atoms with van der Waals surface area (Å²) in [5.41, 5.74) is 0. The van der Waals surface area contributed by atoms with Gasteiger partial charge in [0.25, 0.3) is 0 Å². The summed E-state index contributed by atoms with van der Waals surface area (Å²) in [7, 11) is -16.1. The lowest BCUT2D eigenvalue weighted by Crippen LogP contribution is -2.60. The average Bonchev–Trinajstić information content (AvgIpc) is 2.47. The summed E-state index contributed by atoms with van der Waals surface area (Å²) < 4.78 is 56.9. The minimum atomic E-state index is -5.40. The lowest BCUT2D eigenvalue weighted by molar-refractivity contribution is -0.279. The van der Waals surface area contributed by atoms with Crippen LogP contribution in [0.5, 0.6) is 0 Å². The molecule has 18 heteroatoms. The number of unbranched alkanes of at least 4 members (excludes halogenated alkanes) is 1. The Kier molecular flexibility index (Phi) is 9.83. The number of aliphatic hydroxyl groups is 1. The molecule has 28 heavy (non-hydrogen) atoms. The van der Waals surface area contributed by atoms with Crippen LogP contribution in [0, 0.1) is 0 Å². The molecule has 0 radical (unpaired) electrons. The molecule has 168 valence electrons. The molecule has 1 aliphatic heterocycles. The molecule has 0 aromatic carbocycles. The SMILES string of the molecule is CCCCOC[C@H]1O[C@H](O)[C@@H](OP(=O)(O)O)[C@@H](OP(=O)(O)O)[C@@H]1OP(=O)(O)O. The molecule has 0 aromatic heterocycles. The Bertz CT molecular complexity index is 624. The fourth-order valence-corrected chi connectivity index (χ4v) is 3.98. The first-order valence-electron chi connectivity index (χ1n) is 7.76. The Morgan fingerprint density at radius 2 is 1.29 bits per heavy atom. The zero-order chi connectivity index (χ0) is 21.8. The second kappa shape index (κ2) is 10.5. The smallest absolute Gasteiger partial charge is 0.379 e. The molecule has 5 atom stereocenters. The average molecular weight is 476 g/mol. The van der Waals surface area contributed by atoms with E-state index in [1.54, 1.807) is 0 Å². The quantitative estimate of drug-likeness (QED) is 0.139.